The second kappa shape index (κ2) is 7.77. The number of thiophene rings is 1. The number of nitrogen functional groups attached to an aromatic ring is 1. The topological polar surface area (TPSA) is 125 Å². The number of rotatable bonds is 5. The maximum atomic E-state index is 12.2. The number of fused-ring (bicyclic) bond motifs is 1. The lowest BCUT2D eigenvalue weighted by Crippen LogP contribution is -2.41. The minimum absolute atomic E-state index is 0.188. The minimum Gasteiger partial charge on any atom is -0.462 e. The summed E-state index contributed by atoms with van der Waals surface area (Å²) >= 11 is 1.17. The van der Waals surface area contributed by atoms with Crippen LogP contribution in [0.1, 0.15) is 60.1 Å². The first-order valence-electron chi connectivity index (χ1n) is 8.98. The van der Waals surface area contributed by atoms with Crippen molar-refractivity contribution in [1.29, 1.82) is 0 Å². The number of aliphatic hydroxyl groups is 1. The molecule has 0 amide bonds. The molecule has 0 spiro atoms. The number of anilines is 1. The van der Waals surface area contributed by atoms with E-state index >= 15 is 0 Å². The molecule has 3 N–H and O–H groups in total. The summed E-state index contributed by atoms with van der Waals surface area (Å²) in [6, 6.07) is 0. The summed E-state index contributed by atoms with van der Waals surface area (Å²) in [5.41, 5.74) is 5.28. The van der Waals surface area contributed by atoms with Gasteiger partial charge in [0, 0.05) is 0 Å². The predicted octanol–water partition coefficient (Wildman–Crippen LogP) is 2.50. The van der Waals surface area contributed by atoms with Crippen molar-refractivity contribution in [2.75, 3.05) is 12.3 Å². The van der Waals surface area contributed by atoms with Gasteiger partial charge in [-0.25, -0.2) is 19.6 Å². The van der Waals surface area contributed by atoms with Gasteiger partial charge in [0.2, 0.25) is 0 Å². The fraction of sp³-hybridized carbons (Fsp3) is 0.556. The Kier molecular flexibility index (Phi) is 5.61. The Morgan fingerprint density at radius 1 is 1.22 bits per heavy atom. The Morgan fingerprint density at radius 3 is 2.59 bits per heavy atom. The Morgan fingerprint density at radius 2 is 1.93 bits per heavy atom. The molecule has 0 radical (unpaired) electrons. The minimum atomic E-state index is -1.43. The van der Waals surface area contributed by atoms with Crippen molar-refractivity contribution in [3.63, 3.8) is 0 Å². The van der Waals surface area contributed by atoms with E-state index in [1.807, 2.05) is 0 Å². The molecular formula is C18H23N3O5S. The van der Waals surface area contributed by atoms with Crippen molar-refractivity contribution in [3.05, 3.63) is 16.3 Å². The third-order valence-corrected chi connectivity index (χ3v) is 5.88. The average molecular weight is 393 g/mol. The molecule has 27 heavy (non-hydrogen) atoms. The number of carbonyl (C=O) groups is 2. The van der Waals surface area contributed by atoms with Gasteiger partial charge in [0.15, 0.2) is 18.0 Å². The van der Waals surface area contributed by atoms with Crippen molar-refractivity contribution in [1.82, 2.24) is 9.97 Å². The molecule has 9 heteroatoms. The zero-order valence-electron chi connectivity index (χ0n) is 15.4. The second-order valence-corrected chi connectivity index (χ2v) is 7.65. The van der Waals surface area contributed by atoms with Crippen LogP contribution in [0.5, 0.6) is 0 Å². The van der Waals surface area contributed by atoms with Crippen LogP contribution in [0.2, 0.25) is 0 Å². The molecule has 0 aliphatic heterocycles. The van der Waals surface area contributed by atoms with Crippen LogP contribution in [-0.4, -0.2) is 39.2 Å². The lowest BCUT2D eigenvalue weighted by Gasteiger charge is -2.29. The third-order valence-electron chi connectivity index (χ3n) is 4.72. The van der Waals surface area contributed by atoms with E-state index < -0.39 is 17.5 Å². The molecule has 2 aromatic heterocycles. The van der Waals surface area contributed by atoms with Crippen molar-refractivity contribution in [2.24, 2.45) is 0 Å². The van der Waals surface area contributed by atoms with Crippen LogP contribution < -0.4 is 5.73 Å². The summed E-state index contributed by atoms with van der Waals surface area (Å²) in [7, 11) is 0. The third kappa shape index (κ3) is 3.89. The number of ether oxygens (including phenoxy) is 2. The monoisotopic (exact) mass is 393 g/mol. The molecule has 2 heterocycles. The van der Waals surface area contributed by atoms with Crippen molar-refractivity contribution < 1.29 is 24.2 Å². The summed E-state index contributed by atoms with van der Waals surface area (Å²) in [6.07, 6.45) is 3.41. The Balaban J connectivity index is 1.79. The highest BCUT2D eigenvalue weighted by molar-refractivity contribution is 7.20. The molecule has 1 aliphatic rings. The first-order valence-corrected chi connectivity index (χ1v) is 9.79. The van der Waals surface area contributed by atoms with Crippen LogP contribution in [0.25, 0.3) is 10.2 Å². The smallest absolute Gasteiger partial charge is 0.348 e. The largest absolute Gasteiger partial charge is 0.462 e. The number of aromatic nitrogens is 2. The number of carbonyl (C=O) groups excluding carboxylic acids is 2. The molecule has 1 aliphatic carbocycles. The molecule has 3 rings (SSSR count). The summed E-state index contributed by atoms with van der Waals surface area (Å²) in [5.74, 6) is -0.639. The summed E-state index contributed by atoms with van der Waals surface area (Å²) in [5, 5.41) is 11.0. The molecule has 0 atom stereocenters. The zero-order valence-corrected chi connectivity index (χ0v) is 16.2. The van der Waals surface area contributed by atoms with Gasteiger partial charge in [-0.05, 0) is 45.1 Å². The van der Waals surface area contributed by atoms with E-state index in [1.54, 1.807) is 13.8 Å². The van der Waals surface area contributed by atoms with E-state index in [4.69, 9.17) is 15.2 Å². The molecular weight excluding hydrogens is 370 g/mol. The quantitative estimate of drug-likeness (QED) is 0.742. The standard InChI is InChI=1S/C18H23N3O5S/c1-3-25-16(22)13-10(2)12-14(19)20-11(21-15(12)27-13)9-26-17(23)18(24)7-5-4-6-8-18/h24H,3-9H2,1-2H3,(H2,19,20,21). The van der Waals surface area contributed by atoms with Crippen LogP contribution in [-0.2, 0) is 20.9 Å². The van der Waals surface area contributed by atoms with Gasteiger partial charge in [0.1, 0.15) is 15.5 Å². The molecule has 1 saturated carbocycles. The van der Waals surface area contributed by atoms with Gasteiger partial charge in [-0.3, -0.25) is 0 Å². The van der Waals surface area contributed by atoms with E-state index in [2.05, 4.69) is 9.97 Å². The summed E-state index contributed by atoms with van der Waals surface area (Å²) in [4.78, 5) is 33.8. The Labute approximate surface area is 160 Å². The molecule has 0 saturated heterocycles. The molecule has 146 valence electrons. The lowest BCUT2D eigenvalue weighted by molar-refractivity contribution is -0.170. The maximum Gasteiger partial charge on any atom is 0.348 e. The van der Waals surface area contributed by atoms with Crippen molar-refractivity contribution in [3.8, 4) is 0 Å². The van der Waals surface area contributed by atoms with E-state index in [0.717, 1.165) is 19.3 Å². The van der Waals surface area contributed by atoms with Gasteiger partial charge >= 0.3 is 11.9 Å². The van der Waals surface area contributed by atoms with Gasteiger partial charge in [-0.2, -0.15) is 0 Å². The SMILES string of the molecule is CCOC(=O)c1sc2nc(COC(=O)C3(O)CCCCC3)nc(N)c2c1C. The highest BCUT2D eigenvalue weighted by atomic mass is 32.1. The Hall–Kier alpha value is -2.26. The molecule has 0 aromatic carbocycles. The number of nitrogens with zero attached hydrogens (tertiary/aromatic N) is 2. The molecule has 1 fully saturated rings. The van der Waals surface area contributed by atoms with E-state index in [1.165, 1.54) is 11.3 Å². The number of hydrogen-bond donors (Lipinski definition) is 2. The molecule has 0 unspecified atom stereocenters. The second-order valence-electron chi connectivity index (χ2n) is 6.65. The Bertz CT molecular complexity index is 873. The highest BCUT2D eigenvalue weighted by Gasteiger charge is 2.38. The summed E-state index contributed by atoms with van der Waals surface area (Å²) < 4.78 is 10.3. The van der Waals surface area contributed by atoms with Crippen LogP contribution in [0.4, 0.5) is 5.82 Å². The van der Waals surface area contributed by atoms with Crippen molar-refractivity contribution in [2.45, 2.75) is 58.2 Å². The molecule has 2 aromatic rings. The van der Waals surface area contributed by atoms with E-state index in [0.29, 0.717) is 33.5 Å². The van der Waals surface area contributed by atoms with E-state index in [9.17, 15) is 14.7 Å². The lowest BCUT2D eigenvalue weighted by atomic mass is 9.85. The highest BCUT2D eigenvalue weighted by Crippen LogP contribution is 2.33. The zero-order chi connectivity index (χ0) is 19.6. The first kappa shape index (κ1) is 19.5. The van der Waals surface area contributed by atoms with Crippen molar-refractivity contribution >= 4 is 39.3 Å². The predicted molar refractivity (Wildman–Crippen MR) is 100 cm³/mol. The molecule has 8 nitrogen and oxygen atoms in total. The van der Waals surface area contributed by atoms with Crippen LogP contribution in [0.15, 0.2) is 0 Å². The summed E-state index contributed by atoms with van der Waals surface area (Å²) in [6.45, 7) is 3.59. The number of esters is 2. The number of nitrogens with two attached hydrogens (primary N) is 1. The number of hydrogen-bond acceptors (Lipinski definition) is 9. The van der Waals surface area contributed by atoms with Crippen LogP contribution >= 0.6 is 11.3 Å². The van der Waals surface area contributed by atoms with Crippen LogP contribution in [0.3, 0.4) is 0 Å². The van der Waals surface area contributed by atoms with Gasteiger partial charge in [0.25, 0.3) is 0 Å². The van der Waals surface area contributed by atoms with Gasteiger partial charge in [-0.15, -0.1) is 11.3 Å². The van der Waals surface area contributed by atoms with Gasteiger partial charge in [-0.1, -0.05) is 6.42 Å². The first-order chi connectivity index (χ1) is 12.9. The average Bonchev–Trinajstić information content (AvgIpc) is 2.97. The van der Waals surface area contributed by atoms with Gasteiger partial charge < -0.3 is 20.3 Å². The molecule has 0 bridgehead atoms. The van der Waals surface area contributed by atoms with E-state index in [-0.39, 0.29) is 24.9 Å². The fourth-order valence-electron chi connectivity index (χ4n) is 3.28. The normalized spacial score (nSPS) is 16.3. The van der Waals surface area contributed by atoms with Gasteiger partial charge in [0.05, 0.1) is 12.0 Å². The fourth-order valence-corrected chi connectivity index (χ4v) is 4.38. The van der Waals surface area contributed by atoms with Crippen LogP contribution in [0, 0.1) is 6.92 Å². The number of aryl methyl sites for hydroxylation is 1. The maximum absolute atomic E-state index is 12.2.